The summed E-state index contributed by atoms with van der Waals surface area (Å²) in [4.78, 5) is 25.0. The van der Waals surface area contributed by atoms with Crippen LogP contribution >= 0.6 is 11.8 Å². The Morgan fingerprint density at radius 1 is 0.524 bits per heavy atom. The maximum absolute atomic E-state index is 15.3. The van der Waals surface area contributed by atoms with Gasteiger partial charge in [0.25, 0.3) is 0 Å². The molecule has 4 aromatic carbocycles. The number of phenolic OH excluding ortho intramolecular Hbond substituents is 2. The molecule has 0 unspecified atom stereocenters. The van der Waals surface area contributed by atoms with Gasteiger partial charge in [0.2, 0.25) is 11.8 Å². The summed E-state index contributed by atoms with van der Waals surface area (Å²) in [6, 6.07) is 8.76. The Morgan fingerprint density at radius 2 is 0.857 bits per heavy atom. The van der Waals surface area contributed by atoms with Crippen molar-refractivity contribution in [2.24, 2.45) is 0 Å². The van der Waals surface area contributed by atoms with Crippen LogP contribution in [0.1, 0.15) is 33.4 Å². The SMILES string of the molecule is O=C(C=Cc1c(-c2cccc(O)c2)cc(Sc2cc(-c3cccc(O)c3)c(C=CC(=O)N3CCOCC3)c(C(F)(F)F)c2C(F)(F)F)c(C(F)(F)F)c1C(F)(F)F)N1CCOCC1. The topological polar surface area (TPSA) is 99.5 Å². The number of ether oxygens (including phenoxy) is 2. The van der Waals surface area contributed by atoms with Gasteiger partial charge in [0, 0.05) is 48.1 Å². The molecule has 0 bridgehead atoms. The Labute approximate surface area is 354 Å². The van der Waals surface area contributed by atoms with Crippen LogP contribution in [0.5, 0.6) is 11.5 Å². The standard InChI is InChI=1S/C42H32F12N2O6S/c43-39(44,45)35-27(7-9-33(59)55-11-15-61-16-12-55)29(23-3-1-5-25(57)19-23)21-31(37(35)41(49,50)51)63-32-22-30(24-4-2-6-26(58)20-24)28(8-10-34(60)56-13-17-62-18-14-56)36(40(46,47)48)38(32)42(52,53)54/h1-10,19-22,57-58H,11-18H2. The number of benzene rings is 4. The Bertz CT molecular complexity index is 2270. The third kappa shape index (κ3) is 10.8. The molecule has 336 valence electrons. The first-order valence-corrected chi connectivity index (χ1v) is 19.3. The first kappa shape index (κ1) is 46.8. The Kier molecular flexibility index (Phi) is 13.5. The number of hydrogen-bond acceptors (Lipinski definition) is 7. The normalized spacial score (nSPS) is 15.7. The maximum Gasteiger partial charge on any atom is 0.418 e. The summed E-state index contributed by atoms with van der Waals surface area (Å²) in [6.07, 6.45) is -22.1. The lowest BCUT2D eigenvalue weighted by Crippen LogP contribution is -2.39. The highest BCUT2D eigenvalue weighted by molar-refractivity contribution is 7.99. The van der Waals surface area contributed by atoms with Gasteiger partial charge in [0.1, 0.15) is 11.5 Å². The maximum atomic E-state index is 15.3. The largest absolute Gasteiger partial charge is 0.508 e. The molecule has 0 aliphatic carbocycles. The highest BCUT2D eigenvalue weighted by Crippen LogP contribution is 2.55. The van der Waals surface area contributed by atoms with Crippen molar-refractivity contribution in [2.45, 2.75) is 34.5 Å². The minimum absolute atomic E-state index is 0.0249. The lowest BCUT2D eigenvalue weighted by molar-refractivity contribution is -0.164. The molecule has 4 aromatic rings. The van der Waals surface area contributed by atoms with Gasteiger partial charge in [-0.05, 0) is 81.9 Å². The predicted molar refractivity (Wildman–Crippen MR) is 204 cm³/mol. The van der Waals surface area contributed by atoms with Gasteiger partial charge in [0.05, 0.1) is 48.7 Å². The van der Waals surface area contributed by atoms with Gasteiger partial charge >= 0.3 is 24.7 Å². The molecule has 6 rings (SSSR count). The Hall–Kier alpha value is -5.67. The first-order valence-electron chi connectivity index (χ1n) is 18.5. The lowest BCUT2D eigenvalue weighted by Gasteiger charge is -2.27. The summed E-state index contributed by atoms with van der Waals surface area (Å²) in [7, 11) is 0. The smallest absolute Gasteiger partial charge is 0.418 e. The molecule has 2 aliphatic rings. The molecule has 8 nitrogen and oxygen atoms in total. The summed E-state index contributed by atoms with van der Waals surface area (Å²) in [5.41, 5.74) is -15.2. The van der Waals surface area contributed by atoms with Crippen molar-refractivity contribution >= 4 is 35.7 Å². The number of alkyl halides is 12. The van der Waals surface area contributed by atoms with Crippen molar-refractivity contribution in [1.82, 2.24) is 9.80 Å². The van der Waals surface area contributed by atoms with E-state index < -0.39 is 125 Å². The molecule has 2 heterocycles. The fourth-order valence-electron chi connectivity index (χ4n) is 7.04. The van der Waals surface area contributed by atoms with E-state index in [1.165, 1.54) is 0 Å². The third-order valence-electron chi connectivity index (χ3n) is 9.76. The molecule has 0 spiro atoms. The zero-order valence-corrected chi connectivity index (χ0v) is 32.9. The van der Waals surface area contributed by atoms with E-state index >= 15 is 52.7 Å². The summed E-state index contributed by atoms with van der Waals surface area (Å²) < 4.78 is 193. The number of carbonyl (C=O) groups excluding carboxylic acids is 2. The quantitative estimate of drug-likeness (QED) is 0.134. The number of nitrogens with zero attached hydrogens (tertiary/aromatic N) is 2. The van der Waals surface area contributed by atoms with Crippen LogP contribution in [-0.4, -0.2) is 84.4 Å². The molecule has 0 radical (unpaired) electrons. The Morgan fingerprint density at radius 3 is 1.16 bits per heavy atom. The van der Waals surface area contributed by atoms with E-state index in [0.29, 0.717) is 36.4 Å². The average molecular weight is 921 g/mol. The van der Waals surface area contributed by atoms with Crippen molar-refractivity contribution in [1.29, 1.82) is 0 Å². The second-order valence-corrected chi connectivity index (χ2v) is 15.0. The molecular weight excluding hydrogens is 889 g/mol. The van der Waals surface area contributed by atoms with E-state index in [9.17, 15) is 19.8 Å². The van der Waals surface area contributed by atoms with Crippen molar-refractivity contribution < 1.29 is 82.0 Å². The molecule has 2 saturated heterocycles. The highest BCUT2D eigenvalue weighted by atomic mass is 32.2. The number of halogens is 12. The number of hydrogen-bond donors (Lipinski definition) is 2. The first-order chi connectivity index (χ1) is 29.4. The zero-order valence-electron chi connectivity index (χ0n) is 32.1. The number of phenols is 2. The van der Waals surface area contributed by atoms with Gasteiger partial charge in [0.15, 0.2) is 0 Å². The fourth-order valence-corrected chi connectivity index (χ4v) is 8.27. The molecular formula is C42H32F12N2O6S. The molecule has 2 aliphatic heterocycles. The van der Waals surface area contributed by atoms with Crippen LogP contribution in [0.3, 0.4) is 0 Å². The molecule has 63 heavy (non-hydrogen) atoms. The molecule has 0 saturated carbocycles. The van der Waals surface area contributed by atoms with Crippen molar-refractivity contribution in [2.75, 3.05) is 52.6 Å². The van der Waals surface area contributed by atoms with Gasteiger partial charge in [-0.3, -0.25) is 9.59 Å². The summed E-state index contributed by atoms with van der Waals surface area (Å²) in [5.74, 6) is -3.10. The van der Waals surface area contributed by atoms with Crippen LogP contribution in [0.25, 0.3) is 34.4 Å². The van der Waals surface area contributed by atoms with E-state index in [0.717, 1.165) is 58.3 Å². The number of amides is 2. The van der Waals surface area contributed by atoms with Crippen LogP contribution in [-0.2, 0) is 43.8 Å². The van der Waals surface area contributed by atoms with Crippen LogP contribution < -0.4 is 0 Å². The molecule has 0 atom stereocenters. The summed E-state index contributed by atoms with van der Waals surface area (Å²) in [6.45, 7) is 0.0631. The second kappa shape index (κ2) is 18.2. The number of aromatic hydroxyl groups is 2. The molecule has 2 N–H and O–H groups in total. The van der Waals surface area contributed by atoms with Crippen LogP contribution in [0.2, 0.25) is 0 Å². The van der Waals surface area contributed by atoms with Gasteiger partial charge in [-0.1, -0.05) is 36.0 Å². The predicted octanol–water partition coefficient (Wildman–Crippen LogP) is 10.4. The number of rotatable bonds is 8. The van der Waals surface area contributed by atoms with Gasteiger partial charge in [-0.15, -0.1) is 0 Å². The van der Waals surface area contributed by atoms with E-state index in [1.54, 1.807) is 0 Å². The Balaban J connectivity index is 1.70. The van der Waals surface area contributed by atoms with Gasteiger partial charge in [-0.25, -0.2) is 0 Å². The van der Waals surface area contributed by atoms with E-state index in [-0.39, 0.29) is 52.6 Å². The highest BCUT2D eigenvalue weighted by Gasteiger charge is 2.50. The number of morpholine rings is 2. The minimum atomic E-state index is -6.07. The van der Waals surface area contributed by atoms with Crippen LogP contribution in [0, 0.1) is 0 Å². The average Bonchev–Trinajstić information content (AvgIpc) is 3.20. The van der Waals surface area contributed by atoms with Crippen molar-refractivity contribution in [3.05, 3.63) is 106 Å². The molecule has 2 fully saturated rings. The third-order valence-corrected chi connectivity index (χ3v) is 10.8. The second-order valence-electron chi connectivity index (χ2n) is 13.9. The fraction of sp³-hybridized carbons (Fsp3) is 0.286. The minimum Gasteiger partial charge on any atom is -0.508 e. The van der Waals surface area contributed by atoms with E-state index in [4.69, 9.17) is 9.47 Å². The molecule has 21 heteroatoms. The molecule has 0 aromatic heterocycles. The van der Waals surface area contributed by atoms with Crippen LogP contribution in [0.4, 0.5) is 52.7 Å². The van der Waals surface area contributed by atoms with Gasteiger partial charge in [-0.2, -0.15) is 52.7 Å². The van der Waals surface area contributed by atoms with E-state index in [1.807, 2.05) is 0 Å². The monoisotopic (exact) mass is 920 g/mol. The lowest BCUT2D eigenvalue weighted by atomic mass is 9.90. The van der Waals surface area contributed by atoms with Crippen molar-refractivity contribution in [3.8, 4) is 33.8 Å². The van der Waals surface area contributed by atoms with Crippen molar-refractivity contribution in [3.63, 3.8) is 0 Å². The zero-order chi connectivity index (χ0) is 46.1. The summed E-state index contributed by atoms with van der Waals surface area (Å²) >= 11 is -0.698. The van der Waals surface area contributed by atoms with Gasteiger partial charge < -0.3 is 29.5 Å². The number of carbonyl (C=O) groups is 2. The molecule has 2 amide bonds. The van der Waals surface area contributed by atoms with E-state index in [2.05, 4.69) is 0 Å². The summed E-state index contributed by atoms with van der Waals surface area (Å²) in [5, 5.41) is 20.5. The van der Waals surface area contributed by atoms with Crippen LogP contribution in [0.15, 0.2) is 82.6 Å².